The Labute approximate surface area is 156 Å². The number of pyridine rings is 1. The second kappa shape index (κ2) is 7.78. The Morgan fingerprint density at radius 1 is 0.963 bits per heavy atom. The number of nitrogens with zero attached hydrogens (tertiary/aromatic N) is 1. The predicted octanol–water partition coefficient (Wildman–Crippen LogP) is 3.62. The number of para-hydroxylation sites is 1. The van der Waals surface area contributed by atoms with Gasteiger partial charge in [-0.1, -0.05) is 24.3 Å². The van der Waals surface area contributed by atoms with Crippen molar-refractivity contribution in [3.05, 3.63) is 71.9 Å². The van der Waals surface area contributed by atoms with Crippen molar-refractivity contribution in [3.63, 3.8) is 0 Å². The van der Waals surface area contributed by atoms with Gasteiger partial charge in [0.15, 0.2) is 11.9 Å². The van der Waals surface area contributed by atoms with Gasteiger partial charge in [0, 0.05) is 16.6 Å². The molecule has 136 valence electrons. The molecule has 0 aliphatic heterocycles. The third-order valence-corrected chi connectivity index (χ3v) is 4.02. The molecule has 27 heavy (non-hydrogen) atoms. The molecule has 0 radical (unpaired) electrons. The largest absolute Gasteiger partial charge is 0.448 e. The Morgan fingerprint density at radius 2 is 1.67 bits per heavy atom. The highest BCUT2D eigenvalue weighted by atomic mass is 16.5. The molecule has 0 saturated heterocycles. The van der Waals surface area contributed by atoms with E-state index in [1.807, 2.05) is 18.2 Å². The molecule has 6 heteroatoms. The summed E-state index contributed by atoms with van der Waals surface area (Å²) in [5.41, 5.74) is 1.88. The number of fused-ring (bicyclic) bond motifs is 1. The molecule has 0 aliphatic carbocycles. The monoisotopic (exact) mass is 362 g/mol. The fraction of sp³-hybridized carbons (Fsp3) is 0.143. The molecule has 0 bridgehead atoms. The van der Waals surface area contributed by atoms with E-state index in [2.05, 4.69) is 10.3 Å². The highest BCUT2D eigenvalue weighted by Gasteiger charge is 2.20. The van der Waals surface area contributed by atoms with Gasteiger partial charge in [-0.2, -0.15) is 0 Å². The summed E-state index contributed by atoms with van der Waals surface area (Å²) in [4.78, 5) is 40.0. The smallest absolute Gasteiger partial charge is 0.357 e. The van der Waals surface area contributed by atoms with Gasteiger partial charge in [0.1, 0.15) is 5.69 Å². The van der Waals surface area contributed by atoms with Crippen LogP contribution >= 0.6 is 0 Å². The fourth-order valence-corrected chi connectivity index (χ4v) is 2.49. The first-order valence-electron chi connectivity index (χ1n) is 8.42. The van der Waals surface area contributed by atoms with Crippen LogP contribution in [0.5, 0.6) is 0 Å². The van der Waals surface area contributed by atoms with Crippen LogP contribution in [0.1, 0.15) is 34.7 Å². The van der Waals surface area contributed by atoms with Crippen LogP contribution in [0.3, 0.4) is 0 Å². The summed E-state index contributed by atoms with van der Waals surface area (Å²) in [5, 5.41) is 3.56. The number of rotatable bonds is 5. The van der Waals surface area contributed by atoms with Crippen LogP contribution in [0, 0.1) is 0 Å². The number of benzene rings is 2. The molecule has 0 spiro atoms. The Bertz CT molecular complexity index is 1010. The molecule has 1 atom stereocenters. The summed E-state index contributed by atoms with van der Waals surface area (Å²) in [5.74, 6) is -1.20. The van der Waals surface area contributed by atoms with Crippen molar-refractivity contribution in [2.45, 2.75) is 20.0 Å². The van der Waals surface area contributed by atoms with Crippen LogP contribution < -0.4 is 5.32 Å². The zero-order chi connectivity index (χ0) is 19.4. The third kappa shape index (κ3) is 4.36. The van der Waals surface area contributed by atoms with Crippen molar-refractivity contribution in [3.8, 4) is 0 Å². The number of ether oxygens (including phenoxy) is 1. The van der Waals surface area contributed by atoms with Gasteiger partial charge in [-0.3, -0.25) is 9.59 Å². The van der Waals surface area contributed by atoms with E-state index in [4.69, 9.17) is 4.74 Å². The summed E-state index contributed by atoms with van der Waals surface area (Å²) in [6.07, 6.45) is -1.00. The molecule has 0 aliphatic rings. The Hall–Kier alpha value is -3.54. The SMILES string of the molecule is CC(=O)c1ccc(NC(=O)[C@H](C)OC(=O)c2ccc3ccccc3n2)cc1. The maximum atomic E-state index is 12.3. The zero-order valence-electron chi connectivity index (χ0n) is 14.9. The molecule has 0 saturated carbocycles. The van der Waals surface area contributed by atoms with Crippen LogP contribution in [0.15, 0.2) is 60.7 Å². The summed E-state index contributed by atoms with van der Waals surface area (Å²) in [7, 11) is 0. The highest BCUT2D eigenvalue weighted by molar-refractivity contribution is 5.98. The van der Waals surface area contributed by atoms with Crippen molar-refractivity contribution < 1.29 is 19.1 Å². The van der Waals surface area contributed by atoms with E-state index in [1.54, 1.807) is 42.5 Å². The number of ketones is 1. The molecule has 2 aromatic carbocycles. The summed E-state index contributed by atoms with van der Waals surface area (Å²) in [6, 6.07) is 17.2. The molecule has 1 N–H and O–H groups in total. The Balaban J connectivity index is 1.64. The van der Waals surface area contributed by atoms with Gasteiger partial charge in [0.2, 0.25) is 0 Å². The van der Waals surface area contributed by atoms with E-state index in [9.17, 15) is 14.4 Å². The van der Waals surface area contributed by atoms with Crippen LogP contribution in [0.2, 0.25) is 0 Å². The number of esters is 1. The number of hydrogen-bond acceptors (Lipinski definition) is 5. The highest BCUT2D eigenvalue weighted by Crippen LogP contribution is 2.14. The fourth-order valence-electron chi connectivity index (χ4n) is 2.49. The second-order valence-corrected chi connectivity index (χ2v) is 6.06. The third-order valence-electron chi connectivity index (χ3n) is 4.02. The zero-order valence-corrected chi connectivity index (χ0v) is 14.9. The number of anilines is 1. The van der Waals surface area contributed by atoms with E-state index in [-0.39, 0.29) is 11.5 Å². The average molecular weight is 362 g/mol. The van der Waals surface area contributed by atoms with E-state index in [1.165, 1.54) is 13.8 Å². The molecule has 0 fully saturated rings. The summed E-state index contributed by atoms with van der Waals surface area (Å²) < 4.78 is 5.21. The molecule has 3 aromatic rings. The number of nitrogens with one attached hydrogen (secondary N) is 1. The minimum absolute atomic E-state index is 0.0574. The predicted molar refractivity (Wildman–Crippen MR) is 102 cm³/mol. The quantitative estimate of drug-likeness (QED) is 0.553. The summed E-state index contributed by atoms with van der Waals surface area (Å²) >= 11 is 0. The lowest BCUT2D eigenvalue weighted by atomic mass is 10.1. The van der Waals surface area contributed by atoms with Crippen LogP contribution in [-0.2, 0) is 9.53 Å². The lowest BCUT2D eigenvalue weighted by Crippen LogP contribution is -2.30. The number of aromatic nitrogens is 1. The lowest BCUT2D eigenvalue weighted by molar-refractivity contribution is -0.123. The van der Waals surface area contributed by atoms with Crippen molar-refractivity contribution >= 4 is 34.3 Å². The molecule has 6 nitrogen and oxygen atoms in total. The lowest BCUT2D eigenvalue weighted by Gasteiger charge is -2.13. The number of carbonyl (C=O) groups excluding carboxylic acids is 3. The number of amides is 1. The minimum atomic E-state index is -1.00. The molecule has 0 unspecified atom stereocenters. The standard InChI is InChI=1S/C21H18N2O4/c1-13(24)15-7-10-17(11-8-15)22-20(25)14(2)27-21(26)19-12-9-16-5-3-4-6-18(16)23-19/h3-12,14H,1-2H3,(H,22,25)/t14-/m0/s1. The van der Waals surface area contributed by atoms with Crippen LogP contribution in [0.4, 0.5) is 5.69 Å². The van der Waals surface area contributed by atoms with Gasteiger partial charge in [0.05, 0.1) is 5.52 Å². The van der Waals surface area contributed by atoms with E-state index < -0.39 is 18.0 Å². The van der Waals surface area contributed by atoms with Crippen molar-refractivity contribution in [2.75, 3.05) is 5.32 Å². The van der Waals surface area contributed by atoms with E-state index >= 15 is 0 Å². The number of hydrogen-bond donors (Lipinski definition) is 1. The molecule has 1 heterocycles. The molecule has 1 aromatic heterocycles. The van der Waals surface area contributed by atoms with E-state index in [0.717, 1.165) is 5.39 Å². The first-order valence-corrected chi connectivity index (χ1v) is 8.42. The molecule has 1 amide bonds. The maximum absolute atomic E-state index is 12.3. The van der Waals surface area contributed by atoms with Crippen molar-refractivity contribution in [2.24, 2.45) is 0 Å². The topological polar surface area (TPSA) is 85.4 Å². The van der Waals surface area contributed by atoms with Gasteiger partial charge in [0.25, 0.3) is 5.91 Å². The first kappa shape index (κ1) is 18.3. The minimum Gasteiger partial charge on any atom is -0.448 e. The molecule has 3 rings (SSSR count). The van der Waals surface area contributed by atoms with Crippen molar-refractivity contribution in [1.29, 1.82) is 0 Å². The Morgan fingerprint density at radius 3 is 2.37 bits per heavy atom. The van der Waals surface area contributed by atoms with Crippen molar-refractivity contribution in [1.82, 2.24) is 4.98 Å². The summed E-state index contributed by atoms with van der Waals surface area (Å²) in [6.45, 7) is 2.95. The van der Waals surface area contributed by atoms with Gasteiger partial charge in [-0.05, 0) is 50.2 Å². The average Bonchev–Trinajstić information content (AvgIpc) is 2.67. The number of carbonyl (C=O) groups is 3. The van der Waals surface area contributed by atoms with Gasteiger partial charge in [-0.15, -0.1) is 0 Å². The second-order valence-electron chi connectivity index (χ2n) is 6.06. The van der Waals surface area contributed by atoms with Gasteiger partial charge in [-0.25, -0.2) is 9.78 Å². The molecular formula is C21H18N2O4. The normalized spacial score (nSPS) is 11.6. The molecular weight excluding hydrogens is 344 g/mol. The van der Waals surface area contributed by atoms with Crippen LogP contribution in [0.25, 0.3) is 10.9 Å². The number of Topliss-reactive ketones (excluding diaryl/α,β-unsaturated/α-hetero) is 1. The van der Waals surface area contributed by atoms with E-state index in [0.29, 0.717) is 16.8 Å². The van der Waals surface area contributed by atoms with Gasteiger partial charge >= 0.3 is 5.97 Å². The maximum Gasteiger partial charge on any atom is 0.357 e. The van der Waals surface area contributed by atoms with Gasteiger partial charge < -0.3 is 10.1 Å². The first-order chi connectivity index (χ1) is 12.9. The Kier molecular flexibility index (Phi) is 5.26. The van der Waals surface area contributed by atoms with Crippen LogP contribution in [-0.4, -0.2) is 28.7 Å².